The topological polar surface area (TPSA) is 44.5 Å². The molecule has 1 fully saturated rings. The lowest BCUT2D eigenvalue weighted by atomic mass is 9.94. The maximum absolute atomic E-state index is 5.75. The maximum Gasteiger partial charge on any atom is 0.112 e. The summed E-state index contributed by atoms with van der Waals surface area (Å²) in [5.41, 5.74) is 5.36. The Bertz CT molecular complexity index is 150. The first kappa shape index (κ1) is 11.7. The molecule has 1 aliphatic rings. The molecule has 1 heterocycles. The van der Waals surface area contributed by atoms with E-state index in [1.165, 1.54) is 0 Å². The largest absolute Gasteiger partial charge is 0.381 e. The summed E-state index contributed by atoms with van der Waals surface area (Å²) >= 11 is 2.30. The second-order valence-corrected chi connectivity index (χ2v) is 4.04. The van der Waals surface area contributed by atoms with Gasteiger partial charge in [-0.2, -0.15) is 0 Å². The number of nitrogens with two attached hydrogens (primary N) is 1. The van der Waals surface area contributed by atoms with E-state index >= 15 is 0 Å². The molecule has 74 valence electrons. The molecule has 1 aliphatic heterocycles. The van der Waals surface area contributed by atoms with Crippen LogP contribution < -0.4 is 5.73 Å². The first-order chi connectivity index (χ1) is 6.27. The number of hydrogen-bond acceptors (Lipinski definition) is 3. The van der Waals surface area contributed by atoms with Crippen LogP contribution in [0, 0.1) is 0 Å². The SMILES string of the molecule is [B][C@@H]1O[C@H](CI)C[C@H]1OCCCN. The Labute approximate surface area is 94.3 Å². The van der Waals surface area contributed by atoms with Gasteiger partial charge in [0.25, 0.3) is 0 Å². The van der Waals surface area contributed by atoms with Gasteiger partial charge < -0.3 is 15.2 Å². The molecule has 0 saturated carbocycles. The van der Waals surface area contributed by atoms with Gasteiger partial charge in [-0.15, -0.1) is 0 Å². The van der Waals surface area contributed by atoms with Crippen LogP contribution in [0.1, 0.15) is 12.8 Å². The molecule has 0 unspecified atom stereocenters. The molecule has 2 N–H and O–H groups in total. The smallest absolute Gasteiger partial charge is 0.112 e. The summed E-state index contributed by atoms with van der Waals surface area (Å²) < 4.78 is 12.0. The number of halogens is 1. The number of rotatable bonds is 5. The molecule has 1 saturated heterocycles. The van der Waals surface area contributed by atoms with Crippen LogP contribution in [0.25, 0.3) is 0 Å². The highest BCUT2D eigenvalue weighted by molar-refractivity contribution is 14.1. The van der Waals surface area contributed by atoms with Gasteiger partial charge in [-0.3, -0.25) is 0 Å². The van der Waals surface area contributed by atoms with E-state index in [4.69, 9.17) is 23.1 Å². The van der Waals surface area contributed by atoms with Crippen LogP contribution in [0.5, 0.6) is 0 Å². The minimum Gasteiger partial charge on any atom is -0.381 e. The van der Waals surface area contributed by atoms with Gasteiger partial charge in [-0.05, 0) is 13.0 Å². The third-order valence-electron chi connectivity index (χ3n) is 2.06. The minimum atomic E-state index is -0.252. The van der Waals surface area contributed by atoms with E-state index in [9.17, 15) is 0 Å². The molecule has 0 bridgehead atoms. The maximum atomic E-state index is 5.75. The van der Waals surface area contributed by atoms with Gasteiger partial charge >= 0.3 is 0 Å². The molecule has 0 aromatic heterocycles. The molecule has 1 rings (SSSR count). The van der Waals surface area contributed by atoms with E-state index in [0.717, 1.165) is 17.3 Å². The first-order valence-electron chi connectivity index (χ1n) is 4.56. The Kier molecular flexibility index (Phi) is 5.61. The molecule has 0 spiro atoms. The predicted molar refractivity (Wildman–Crippen MR) is 61.3 cm³/mol. The van der Waals surface area contributed by atoms with Crippen molar-refractivity contribution in [3.8, 4) is 0 Å². The highest BCUT2D eigenvalue weighted by Crippen LogP contribution is 2.22. The zero-order valence-electron chi connectivity index (χ0n) is 7.62. The summed E-state index contributed by atoms with van der Waals surface area (Å²) in [5.74, 6) is 0. The lowest BCUT2D eigenvalue weighted by molar-refractivity contribution is 0.0193. The Morgan fingerprint density at radius 1 is 1.62 bits per heavy atom. The van der Waals surface area contributed by atoms with Crippen molar-refractivity contribution in [1.29, 1.82) is 0 Å². The van der Waals surface area contributed by atoms with Crippen LogP contribution in [-0.2, 0) is 9.47 Å². The Morgan fingerprint density at radius 2 is 2.38 bits per heavy atom. The van der Waals surface area contributed by atoms with Gasteiger partial charge in [0.2, 0.25) is 0 Å². The summed E-state index contributed by atoms with van der Waals surface area (Å²) in [6, 6.07) is -0.252. The van der Waals surface area contributed by atoms with Crippen LogP contribution in [-0.4, -0.2) is 43.6 Å². The van der Waals surface area contributed by atoms with Gasteiger partial charge in [0.1, 0.15) is 7.85 Å². The molecule has 13 heavy (non-hydrogen) atoms. The Hall–Kier alpha value is 0.675. The van der Waals surface area contributed by atoms with E-state index in [2.05, 4.69) is 22.6 Å². The van der Waals surface area contributed by atoms with Crippen LogP contribution in [0.3, 0.4) is 0 Å². The molecular weight excluding hydrogens is 280 g/mol. The van der Waals surface area contributed by atoms with Crippen LogP contribution in [0.4, 0.5) is 0 Å². The van der Waals surface area contributed by atoms with E-state index in [-0.39, 0.29) is 18.2 Å². The Morgan fingerprint density at radius 3 is 2.92 bits per heavy atom. The molecule has 5 heteroatoms. The number of ether oxygens (including phenoxy) is 2. The fraction of sp³-hybridized carbons (Fsp3) is 1.00. The summed E-state index contributed by atoms with van der Waals surface area (Å²) in [5, 5.41) is 0. The van der Waals surface area contributed by atoms with Gasteiger partial charge in [0, 0.05) is 23.5 Å². The van der Waals surface area contributed by atoms with Crippen molar-refractivity contribution in [3.05, 3.63) is 0 Å². The van der Waals surface area contributed by atoms with Gasteiger partial charge in [0.15, 0.2) is 0 Å². The third-order valence-corrected chi connectivity index (χ3v) is 3.05. The van der Waals surface area contributed by atoms with Crippen molar-refractivity contribution in [1.82, 2.24) is 0 Å². The molecule has 3 nitrogen and oxygen atoms in total. The van der Waals surface area contributed by atoms with Crippen molar-refractivity contribution in [2.75, 3.05) is 17.6 Å². The highest BCUT2D eigenvalue weighted by atomic mass is 127. The normalized spacial score (nSPS) is 33.8. The lowest BCUT2D eigenvalue weighted by Crippen LogP contribution is -2.25. The molecule has 2 radical (unpaired) electrons. The Balaban J connectivity index is 2.18. The molecule has 0 aromatic carbocycles. The van der Waals surface area contributed by atoms with Gasteiger partial charge in [0.05, 0.1) is 12.2 Å². The quantitative estimate of drug-likeness (QED) is 0.346. The molecule has 0 aromatic rings. The predicted octanol–water partition coefficient (Wildman–Crippen LogP) is 0.439. The average Bonchev–Trinajstić information content (AvgIpc) is 2.48. The van der Waals surface area contributed by atoms with Crippen LogP contribution in [0.15, 0.2) is 0 Å². The second kappa shape index (κ2) is 6.21. The van der Waals surface area contributed by atoms with Crippen LogP contribution >= 0.6 is 22.6 Å². The van der Waals surface area contributed by atoms with Crippen molar-refractivity contribution in [3.63, 3.8) is 0 Å². The second-order valence-electron chi connectivity index (χ2n) is 3.16. The van der Waals surface area contributed by atoms with Crippen LogP contribution in [0.2, 0.25) is 0 Å². The van der Waals surface area contributed by atoms with E-state index < -0.39 is 0 Å². The third kappa shape index (κ3) is 3.73. The zero-order chi connectivity index (χ0) is 9.68. The number of alkyl halides is 1. The van der Waals surface area contributed by atoms with Crippen molar-refractivity contribution in [2.45, 2.75) is 31.1 Å². The first-order valence-corrected chi connectivity index (χ1v) is 6.09. The highest BCUT2D eigenvalue weighted by Gasteiger charge is 2.31. The monoisotopic (exact) mass is 295 g/mol. The van der Waals surface area contributed by atoms with Crippen molar-refractivity contribution >= 4 is 30.4 Å². The van der Waals surface area contributed by atoms with E-state index in [0.29, 0.717) is 13.2 Å². The van der Waals surface area contributed by atoms with Crippen molar-refractivity contribution in [2.24, 2.45) is 5.73 Å². The fourth-order valence-electron chi connectivity index (χ4n) is 1.34. The average molecular weight is 295 g/mol. The van der Waals surface area contributed by atoms with Gasteiger partial charge in [-0.25, -0.2) is 0 Å². The molecule has 0 amide bonds. The standard InChI is InChI=1S/C8H15BINO2/c9-8-7(12-3-1-2-11)4-6(5-10)13-8/h6-8H,1-5,11H2/t6-,7+,8+/m0/s1. The molecule has 0 aliphatic carbocycles. The summed E-state index contributed by atoms with van der Waals surface area (Å²) in [6.45, 7) is 1.35. The summed E-state index contributed by atoms with van der Waals surface area (Å²) in [4.78, 5) is 0. The van der Waals surface area contributed by atoms with Gasteiger partial charge in [-0.1, -0.05) is 22.6 Å². The zero-order valence-corrected chi connectivity index (χ0v) is 9.77. The van der Waals surface area contributed by atoms with Crippen molar-refractivity contribution < 1.29 is 9.47 Å². The molecule has 3 atom stereocenters. The van der Waals surface area contributed by atoms with E-state index in [1.807, 2.05) is 0 Å². The number of hydrogen-bond donors (Lipinski definition) is 1. The minimum absolute atomic E-state index is 0.0614. The van der Waals surface area contributed by atoms with E-state index in [1.54, 1.807) is 0 Å². The molecular formula is C8H15BINO2. The summed E-state index contributed by atoms with van der Waals surface area (Å²) in [6.07, 6.45) is 2.12. The fourth-order valence-corrected chi connectivity index (χ4v) is 1.91. The lowest BCUT2D eigenvalue weighted by Gasteiger charge is -2.14. The summed E-state index contributed by atoms with van der Waals surface area (Å²) in [7, 11) is 5.75.